The highest BCUT2D eigenvalue weighted by atomic mass is 16.6. The van der Waals surface area contributed by atoms with Crippen molar-refractivity contribution < 1.29 is 14.5 Å². The van der Waals surface area contributed by atoms with E-state index in [0.717, 1.165) is 11.3 Å². The number of carbonyl (C=O) groups is 1. The molecule has 0 radical (unpaired) electrons. The van der Waals surface area contributed by atoms with E-state index in [2.05, 4.69) is 20.7 Å². The maximum Gasteiger partial charge on any atom is 0.289 e. The molecule has 0 saturated heterocycles. The number of rotatable bonds is 7. The number of aromatic nitrogens is 2. The molecule has 3 aromatic rings. The molecule has 1 amide bonds. The second kappa shape index (κ2) is 8.58. The molecular formula is C19H17N5O4. The summed E-state index contributed by atoms with van der Waals surface area (Å²) in [5.74, 6) is 0.233. The van der Waals surface area contributed by atoms with Crippen molar-refractivity contribution in [2.75, 3.05) is 6.61 Å². The zero-order valence-electron chi connectivity index (χ0n) is 15.0. The molecule has 2 N–H and O–H groups in total. The van der Waals surface area contributed by atoms with Gasteiger partial charge in [0.15, 0.2) is 0 Å². The Kier molecular flexibility index (Phi) is 5.75. The van der Waals surface area contributed by atoms with Crippen LogP contribution >= 0.6 is 0 Å². The normalized spacial score (nSPS) is 10.8. The molecule has 9 heteroatoms. The van der Waals surface area contributed by atoms with Gasteiger partial charge in [0.1, 0.15) is 11.4 Å². The van der Waals surface area contributed by atoms with Crippen LogP contribution in [0.2, 0.25) is 0 Å². The van der Waals surface area contributed by atoms with Gasteiger partial charge in [-0.25, -0.2) is 5.43 Å². The first-order valence-corrected chi connectivity index (χ1v) is 8.43. The molecule has 0 unspecified atom stereocenters. The van der Waals surface area contributed by atoms with Gasteiger partial charge in [-0.2, -0.15) is 10.2 Å². The van der Waals surface area contributed by atoms with Gasteiger partial charge < -0.3 is 4.74 Å². The Balaban J connectivity index is 1.67. The zero-order chi connectivity index (χ0) is 19.9. The van der Waals surface area contributed by atoms with Gasteiger partial charge in [-0.1, -0.05) is 24.3 Å². The minimum Gasteiger partial charge on any atom is -0.494 e. The highest BCUT2D eigenvalue weighted by Crippen LogP contribution is 2.22. The van der Waals surface area contributed by atoms with Gasteiger partial charge in [-0.05, 0) is 25.1 Å². The van der Waals surface area contributed by atoms with Gasteiger partial charge in [0.05, 0.1) is 23.4 Å². The number of benzene rings is 2. The maximum absolute atomic E-state index is 12.2. The van der Waals surface area contributed by atoms with E-state index in [-0.39, 0.29) is 11.4 Å². The molecule has 0 aliphatic heterocycles. The number of hydrogen-bond donors (Lipinski definition) is 2. The summed E-state index contributed by atoms with van der Waals surface area (Å²) in [6.45, 7) is 2.46. The minimum absolute atomic E-state index is 0.0530. The molecule has 28 heavy (non-hydrogen) atoms. The monoisotopic (exact) mass is 379 g/mol. The van der Waals surface area contributed by atoms with Crippen molar-refractivity contribution in [2.45, 2.75) is 6.92 Å². The molecule has 2 aromatic carbocycles. The lowest BCUT2D eigenvalue weighted by Gasteiger charge is -2.03. The molecule has 9 nitrogen and oxygen atoms in total. The summed E-state index contributed by atoms with van der Waals surface area (Å²) in [5.41, 5.74) is 4.43. The minimum atomic E-state index is -0.497. The third kappa shape index (κ3) is 4.58. The van der Waals surface area contributed by atoms with Crippen LogP contribution in [0.5, 0.6) is 5.75 Å². The highest BCUT2D eigenvalue weighted by Gasteiger charge is 2.11. The number of hydrazone groups is 1. The number of nitro benzene ring substituents is 1. The highest BCUT2D eigenvalue weighted by molar-refractivity contribution is 5.94. The SMILES string of the molecule is CCOc1cccc(-c2cc(C(=O)N/N=C/c3cccc([N+](=O)[O-])c3)[nH]n2)c1. The van der Waals surface area contributed by atoms with Crippen LogP contribution in [0.15, 0.2) is 59.7 Å². The van der Waals surface area contributed by atoms with Crippen LogP contribution < -0.4 is 10.2 Å². The number of non-ortho nitro benzene ring substituents is 1. The first kappa shape index (κ1) is 18.8. The molecule has 0 saturated carbocycles. The topological polar surface area (TPSA) is 123 Å². The van der Waals surface area contributed by atoms with Gasteiger partial charge in [0.2, 0.25) is 0 Å². The molecule has 0 aliphatic carbocycles. The lowest BCUT2D eigenvalue weighted by molar-refractivity contribution is -0.384. The summed E-state index contributed by atoms with van der Waals surface area (Å²) < 4.78 is 5.46. The van der Waals surface area contributed by atoms with Gasteiger partial charge in [0.25, 0.3) is 11.6 Å². The zero-order valence-corrected chi connectivity index (χ0v) is 15.0. The summed E-state index contributed by atoms with van der Waals surface area (Å²) in [6, 6.07) is 14.9. The predicted molar refractivity (Wildman–Crippen MR) is 103 cm³/mol. The second-order valence-electron chi connectivity index (χ2n) is 5.68. The Hall–Kier alpha value is -4.01. The van der Waals surface area contributed by atoms with E-state index in [1.165, 1.54) is 18.3 Å². The average molecular weight is 379 g/mol. The first-order chi connectivity index (χ1) is 13.6. The Morgan fingerprint density at radius 2 is 2.11 bits per heavy atom. The Bertz CT molecular complexity index is 1030. The van der Waals surface area contributed by atoms with E-state index in [1.807, 2.05) is 31.2 Å². The summed E-state index contributed by atoms with van der Waals surface area (Å²) >= 11 is 0. The van der Waals surface area contributed by atoms with Gasteiger partial charge in [-0.15, -0.1) is 0 Å². The Labute approximate surface area is 160 Å². The van der Waals surface area contributed by atoms with Crippen LogP contribution in [0.3, 0.4) is 0 Å². The van der Waals surface area contributed by atoms with E-state index < -0.39 is 10.8 Å². The van der Waals surface area contributed by atoms with E-state index in [1.54, 1.807) is 18.2 Å². The largest absolute Gasteiger partial charge is 0.494 e. The molecule has 0 fully saturated rings. The third-order valence-corrected chi connectivity index (χ3v) is 3.72. The van der Waals surface area contributed by atoms with E-state index in [0.29, 0.717) is 17.9 Å². The molecule has 0 bridgehead atoms. The van der Waals surface area contributed by atoms with Crippen LogP contribution in [-0.2, 0) is 0 Å². The van der Waals surface area contributed by atoms with Gasteiger partial charge in [-0.3, -0.25) is 20.0 Å². The molecule has 0 spiro atoms. The lowest BCUT2D eigenvalue weighted by atomic mass is 10.1. The number of amides is 1. The third-order valence-electron chi connectivity index (χ3n) is 3.72. The van der Waals surface area contributed by atoms with E-state index >= 15 is 0 Å². The average Bonchev–Trinajstić information content (AvgIpc) is 3.19. The molecule has 142 valence electrons. The van der Waals surface area contributed by atoms with Crippen molar-refractivity contribution in [3.05, 3.63) is 76.0 Å². The van der Waals surface area contributed by atoms with Crippen LogP contribution in [0.1, 0.15) is 23.0 Å². The molecule has 1 aromatic heterocycles. The molecular weight excluding hydrogens is 362 g/mol. The smallest absolute Gasteiger partial charge is 0.289 e. The van der Waals surface area contributed by atoms with Crippen LogP contribution in [-0.4, -0.2) is 33.8 Å². The summed E-state index contributed by atoms with van der Waals surface area (Å²) in [5, 5.41) is 21.4. The number of H-pyrrole nitrogens is 1. The van der Waals surface area contributed by atoms with Crippen molar-refractivity contribution in [1.82, 2.24) is 15.6 Å². The number of nitro groups is 1. The van der Waals surface area contributed by atoms with Crippen molar-refractivity contribution in [3.63, 3.8) is 0 Å². The molecule has 3 rings (SSSR count). The lowest BCUT2D eigenvalue weighted by Crippen LogP contribution is -2.18. The van der Waals surface area contributed by atoms with Crippen LogP contribution in [0.25, 0.3) is 11.3 Å². The van der Waals surface area contributed by atoms with Gasteiger partial charge >= 0.3 is 0 Å². The van der Waals surface area contributed by atoms with Crippen LogP contribution in [0, 0.1) is 10.1 Å². The van der Waals surface area contributed by atoms with Gasteiger partial charge in [0, 0.05) is 23.3 Å². The standard InChI is InChI=1S/C19H17N5O4/c1-2-28-16-8-4-6-14(10-16)17-11-18(22-21-17)19(25)23-20-12-13-5-3-7-15(9-13)24(26)27/h3-12H,2H2,1H3,(H,21,22)(H,23,25)/b20-12+. The Morgan fingerprint density at radius 1 is 1.29 bits per heavy atom. The maximum atomic E-state index is 12.2. The fourth-order valence-electron chi connectivity index (χ4n) is 2.44. The van der Waals surface area contributed by atoms with Crippen LogP contribution in [0.4, 0.5) is 5.69 Å². The van der Waals surface area contributed by atoms with E-state index in [9.17, 15) is 14.9 Å². The summed E-state index contributed by atoms with van der Waals surface area (Å²) in [4.78, 5) is 22.5. The Morgan fingerprint density at radius 3 is 2.89 bits per heavy atom. The summed E-state index contributed by atoms with van der Waals surface area (Å²) in [6.07, 6.45) is 1.33. The van der Waals surface area contributed by atoms with Crippen molar-refractivity contribution in [1.29, 1.82) is 0 Å². The fraction of sp³-hybridized carbons (Fsp3) is 0.105. The predicted octanol–water partition coefficient (Wildman–Crippen LogP) is 3.15. The molecule has 0 aliphatic rings. The van der Waals surface area contributed by atoms with Crippen molar-refractivity contribution in [2.24, 2.45) is 5.10 Å². The fourth-order valence-corrected chi connectivity index (χ4v) is 2.44. The molecule has 0 atom stereocenters. The first-order valence-electron chi connectivity index (χ1n) is 8.43. The molecule has 1 heterocycles. The number of nitrogens with one attached hydrogen (secondary N) is 2. The van der Waals surface area contributed by atoms with E-state index in [4.69, 9.17) is 4.74 Å². The number of nitrogens with zero attached hydrogens (tertiary/aromatic N) is 3. The second-order valence-corrected chi connectivity index (χ2v) is 5.68. The number of carbonyl (C=O) groups excluding carboxylic acids is 1. The number of hydrogen-bond acceptors (Lipinski definition) is 6. The van der Waals surface area contributed by atoms with Crippen molar-refractivity contribution >= 4 is 17.8 Å². The summed E-state index contributed by atoms with van der Waals surface area (Å²) in [7, 11) is 0. The number of ether oxygens (including phenoxy) is 1. The quantitative estimate of drug-likeness (QED) is 0.371. The van der Waals surface area contributed by atoms with Crippen molar-refractivity contribution in [3.8, 4) is 17.0 Å². The number of aromatic amines is 1.